The Balaban J connectivity index is 1.79. The lowest BCUT2D eigenvalue weighted by molar-refractivity contribution is 0.415. The van der Waals surface area contributed by atoms with Crippen LogP contribution in [0, 0.1) is 11.3 Å². The third-order valence-corrected chi connectivity index (χ3v) is 6.72. The molecule has 0 bridgehead atoms. The molecule has 0 aliphatic rings. The van der Waals surface area contributed by atoms with Gasteiger partial charge in [0, 0.05) is 21.7 Å². The Morgan fingerprint density at radius 2 is 1.34 bits per heavy atom. The maximum absolute atomic E-state index is 10.5. The van der Waals surface area contributed by atoms with Gasteiger partial charge in [-0.05, 0) is 42.0 Å². The van der Waals surface area contributed by atoms with E-state index in [2.05, 4.69) is 6.07 Å². The quantitative estimate of drug-likeness (QED) is 0.235. The van der Waals surface area contributed by atoms with Crippen LogP contribution in [0.15, 0.2) is 109 Å². The number of hydrogen-bond donors (Lipinski definition) is 0. The minimum absolute atomic E-state index is 0.483. The SMILES string of the molecule is COc1ccc(-c2c(C#N)c(-c3ccccc3)nc3c2c(-c2ccc(Cl)cc2)nn3-c2ccccc2)cc1. The monoisotopic (exact) mass is 512 g/mol. The van der Waals surface area contributed by atoms with E-state index in [-0.39, 0.29) is 0 Å². The smallest absolute Gasteiger partial charge is 0.164 e. The van der Waals surface area contributed by atoms with Crippen molar-refractivity contribution in [2.75, 3.05) is 7.11 Å². The zero-order valence-electron chi connectivity index (χ0n) is 20.5. The number of nitrogens with zero attached hydrogens (tertiary/aromatic N) is 4. The highest BCUT2D eigenvalue weighted by Gasteiger charge is 2.25. The molecule has 5 nitrogen and oxygen atoms in total. The van der Waals surface area contributed by atoms with Crippen molar-refractivity contribution in [3.05, 3.63) is 120 Å². The van der Waals surface area contributed by atoms with E-state index in [9.17, 15) is 5.26 Å². The van der Waals surface area contributed by atoms with Crippen LogP contribution in [-0.2, 0) is 0 Å². The Kier molecular flexibility index (Phi) is 6.09. The summed E-state index contributed by atoms with van der Waals surface area (Å²) in [6.45, 7) is 0. The van der Waals surface area contributed by atoms with Crippen LogP contribution in [0.25, 0.3) is 50.4 Å². The van der Waals surface area contributed by atoms with Crippen LogP contribution in [-0.4, -0.2) is 21.9 Å². The van der Waals surface area contributed by atoms with Gasteiger partial charge in [-0.3, -0.25) is 0 Å². The average molecular weight is 513 g/mol. The van der Waals surface area contributed by atoms with Crippen molar-refractivity contribution in [2.24, 2.45) is 0 Å². The van der Waals surface area contributed by atoms with E-state index in [1.807, 2.05) is 114 Å². The number of para-hydroxylation sites is 1. The molecule has 0 spiro atoms. The number of methoxy groups -OCH3 is 1. The molecule has 6 heteroatoms. The summed E-state index contributed by atoms with van der Waals surface area (Å²) in [6, 6.07) is 37.4. The van der Waals surface area contributed by atoms with Gasteiger partial charge in [0.15, 0.2) is 5.65 Å². The van der Waals surface area contributed by atoms with Crippen LogP contribution < -0.4 is 4.74 Å². The second kappa shape index (κ2) is 9.85. The predicted octanol–water partition coefficient (Wildman–Crippen LogP) is 7.96. The molecule has 0 fully saturated rings. The average Bonchev–Trinajstić information content (AvgIpc) is 3.37. The van der Waals surface area contributed by atoms with Gasteiger partial charge in [-0.25, -0.2) is 9.67 Å². The molecule has 38 heavy (non-hydrogen) atoms. The number of aromatic nitrogens is 3. The lowest BCUT2D eigenvalue weighted by Gasteiger charge is -2.13. The summed E-state index contributed by atoms with van der Waals surface area (Å²) in [5.41, 5.74) is 6.70. The van der Waals surface area contributed by atoms with Crippen molar-refractivity contribution in [3.8, 4) is 51.1 Å². The molecule has 2 heterocycles. The van der Waals surface area contributed by atoms with Gasteiger partial charge in [-0.1, -0.05) is 84.4 Å². The third-order valence-electron chi connectivity index (χ3n) is 6.47. The first-order valence-electron chi connectivity index (χ1n) is 12.1. The van der Waals surface area contributed by atoms with E-state index in [4.69, 9.17) is 26.4 Å². The second-order valence-corrected chi connectivity index (χ2v) is 9.15. The first kappa shape index (κ1) is 23.5. The number of rotatable bonds is 5. The summed E-state index contributed by atoms with van der Waals surface area (Å²) in [6.07, 6.45) is 0. The highest BCUT2D eigenvalue weighted by molar-refractivity contribution is 6.30. The Morgan fingerprint density at radius 1 is 0.737 bits per heavy atom. The minimum Gasteiger partial charge on any atom is -0.497 e. The maximum atomic E-state index is 10.5. The number of ether oxygens (including phenoxy) is 1. The van der Waals surface area contributed by atoms with Crippen molar-refractivity contribution < 1.29 is 4.74 Å². The van der Waals surface area contributed by atoms with Crippen LogP contribution in [0.2, 0.25) is 5.02 Å². The fourth-order valence-corrected chi connectivity index (χ4v) is 4.79. The summed E-state index contributed by atoms with van der Waals surface area (Å²) in [5.74, 6) is 0.735. The Hall–Kier alpha value is -4.92. The molecule has 0 unspecified atom stereocenters. The van der Waals surface area contributed by atoms with Crippen LogP contribution >= 0.6 is 11.6 Å². The van der Waals surface area contributed by atoms with Crippen LogP contribution in [0.1, 0.15) is 5.56 Å². The second-order valence-electron chi connectivity index (χ2n) is 8.72. The molecular weight excluding hydrogens is 492 g/mol. The van der Waals surface area contributed by atoms with Crippen molar-refractivity contribution in [2.45, 2.75) is 0 Å². The predicted molar refractivity (Wildman–Crippen MR) is 151 cm³/mol. The van der Waals surface area contributed by atoms with E-state index < -0.39 is 0 Å². The van der Waals surface area contributed by atoms with Crippen molar-refractivity contribution in [1.82, 2.24) is 14.8 Å². The summed E-state index contributed by atoms with van der Waals surface area (Å²) >= 11 is 6.22. The highest BCUT2D eigenvalue weighted by atomic mass is 35.5. The largest absolute Gasteiger partial charge is 0.497 e. The molecule has 2 aromatic heterocycles. The summed E-state index contributed by atoms with van der Waals surface area (Å²) < 4.78 is 7.25. The van der Waals surface area contributed by atoms with Gasteiger partial charge < -0.3 is 4.74 Å². The van der Waals surface area contributed by atoms with E-state index in [0.717, 1.165) is 44.8 Å². The molecule has 0 saturated carbocycles. The number of pyridine rings is 1. The molecule has 6 rings (SSSR count). The van der Waals surface area contributed by atoms with Gasteiger partial charge in [-0.15, -0.1) is 0 Å². The first-order chi connectivity index (χ1) is 18.7. The first-order valence-corrected chi connectivity index (χ1v) is 12.4. The van der Waals surface area contributed by atoms with Gasteiger partial charge in [0.2, 0.25) is 0 Å². The summed E-state index contributed by atoms with van der Waals surface area (Å²) in [5, 5.41) is 17.0. The van der Waals surface area contributed by atoms with Crippen LogP contribution in [0.4, 0.5) is 0 Å². The van der Waals surface area contributed by atoms with Crippen molar-refractivity contribution >= 4 is 22.6 Å². The third kappa shape index (κ3) is 4.07. The molecule has 6 aromatic rings. The number of fused-ring (bicyclic) bond motifs is 1. The van der Waals surface area contributed by atoms with E-state index in [1.54, 1.807) is 7.11 Å². The van der Waals surface area contributed by atoms with E-state index in [1.165, 1.54) is 0 Å². The topological polar surface area (TPSA) is 63.7 Å². The molecule has 0 N–H and O–H groups in total. The molecule has 0 atom stereocenters. The number of hydrogen-bond acceptors (Lipinski definition) is 4. The lowest BCUT2D eigenvalue weighted by atomic mass is 9.92. The van der Waals surface area contributed by atoms with Crippen molar-refractivity contribution in [3.63, 3.8) is 0 Å². The standard InChI is InChI=1S/C32H21ClN4O/c1-38-26-18-14-21(15-19-26)28-27(20-34)30(22-8-4-2-5-9-22)35-32-29(28)31(23-12-16-24(33)17-13-23)36-37(32)25-10-6-3-7-11-25/h2-19H,1H3. The highest BCUT2D eigenvalue weighted by Crippen LogP contribution is 2.42. The molecule has 0 saturated heterocycles. The number of nitriles is 1. The fraction of sp³-hybridized carbons (Fsp3) is 0.0312. The van der Waals surface area contributed by atoms with Crippen molar-refractivity contribution in [1.29, 1.82) is 5.26 Å². The Labute approximate surface area is 225 Å². The van der Waals surface area contributed by atoms with E-state index >= 15 is 0 Å². The number of halogens is 1. The molecule has 4 aromatic carbocycles. The van der Waals surface area contributed by atoms with Gasteiger partial charge in [0.05, 0.1) is 29.4 Å². The normalized spacial score (nSPS) is 10.9. The lowest BCUT2D eigenvalue weighted by Crippen LogP contribution is -2.01. The Bertz CT molecular complexity index is 1790. The number of benzene rings is 4. The Morgan fingerprint density at radius 3 is 1.97 bits per heavy atom. The summed E-state index contributed by atoms with van der Waals surface area (Å²) in [7, 11) is 1.64. The molecule has 0 aliphatic heterocycles. The van der Waals surface area contributed by atoms with Gasteiger partial charge in [0.25, 0.3) is 0 Å². The van der Waals surface area contributed by atoms with Crippen LogP contribution in [0.3, 0.4) is 0 Å². The van der Waals surface area contributed by atoms with Gasteiger partial charge >= 0.3 is 0 Å². The van der Waals surface area contributed by atoms with Crippen LogP contribution in [0.5, 0.6) is 5.75 Å². The maximum Gasteiger partial charge on any atom is 0.164 e. The molecule has 0 radical (unpaired) electrons. The zero-order valence-corrected chi connectivity index (χ0v) is 21.2. The van der Waals surface area contributed by atoms with E-state index in [0.29, 0.717) is 21.9 Å². The molecular formula is C32H21ClN4O. The summed E-state index contributed by atoms with van der Waals surface area (Å²) in [4.78, 5) is 5.10. The minimum atomic E-state index is 0.483. The fourth-order valence-electron chi connectivity index (χ4n) is 4.67. The van der Waals surface area contributed by atoms with Gasteiger partial charge in [-0.2, -0.15) is 10.4 Å². The zero-order chi connectivity index (χ0) is 26.1. The molecule has 0 amide bonds. The molecule has 182 valence electrons. The van der Waals surface area contributed by atoms with Gasteiger partial charge in [0.1, 0.15) is 17.5 Å². The molecule has 0 aliphatic carbocycles.